The normalized spacial score (nSPS) is 17.2. The van der Waals surface area contributed by atoms with Gasteiger partial charge in [0.2, 0.25) is 0 Å². The van der Waals surface area contributed by atoms with E-state index in [0.717, 1.165) is 57.0 Å². The van der Waals surface area contributed by atoms with E-state index in [0.29, 0.717) is 17.8 Å². The van der Waals surface area contributed by atoms with Gasteiger partial charge in [0.25, 0.3) is 0 Å². The fourth-order valence-corrected chi connectivity index (χ4v) is 3.82. The predicted molar refractivity (Wildman–Crippen MR) is 115 cm³/mol. The topological polar surface area (TPSA) is 53.9 Å². The van der Waals surface area contributed by atoms with Gasteiger partial charge < -0.3 is 15.0 Å². The van der Waals surface area contributed by atoms with E-state index in [1.165, 1.54) is 0 Å². The van der Waals surface area contributed by atoms with Gasteiger partial charge in [-0.25, -0.2) is 0 Å². The van der Waals surface area contributed by atoms with E-state index >= 15 is 0 Å². The Hall–Kier alpha value is -0.180. The highest BCUT2D eigenvalue weighted by molar-refractivity contribution is 14.0. The lowest BCUT2D eigenvalue weighted by Crippen LogP contribution is -2.51. The number of guanidine groups is 1. The highest BCUT2D eigenvalue weighted by atomic mass is 127. The molecule has 0 aliphatic carbocycles. The molecule has 1 saturated heterocycles. The lowest BCUT2D eigenvalue weighted by Gasteiger charge is -2.39. The van der Waals surface area contributed by atoms with Crippen LogP contribution in [0, 0.1) is 0 Å². The van der Waals surface area contributed by atoms with Crippen LogP contribution < -0.4 is 5.32 Å². The maximum atomic E-state index is 11.2. The summed E-state index contributed by atoms with van der Waals surface area (Å²) in [6, 6.07) is 0. The first kappa shape index (κ1) is 23.8. The van der Waals surface area contributed by atoms with Gasteiger partial charge in [0.05, 0.1) is 6.61 Å². The van der Waals surface area contributed by atoms with Crippen molar-refractivity contribution in [1.29, 1.82) is 0 Å². The molecule has 1 aliphatic heterocycles. The molecule has 1 rings (SSSR count). The molecule has 0 spiro atoms. The molecular weight excluding hydrogens is 437 g/mol. The number of halogens is 1. The second kappa shape index (κ2) is 13.1. The lowest BCUT2D eigenvalue weighted by molar-refractivity contribution is -0.143. The first-order valence-corrected chi connectivity index (χ1v) is 9.72. The van der Waals surface area contributed by atoms with Crippen LogP contribution in [0.2, 0.25) is 0 Å². The summed E-state index contributed by atoms with van der Waals surface area (Å²) in [5, 5.41) is 3.47. The maximum Gasteiger partial charge on any atom is 0.305 e. The fourth-order valence-electron chi connectivity index (χ4n) is 2.71. The minimum Gasteiger partial charge on any atom is -0.466 e. The molecule has 0 unspecified atom stereocenters. The Bertz CT molecular complexity index is 392. The van der Waals surface area contributed by atoms with Crippen LogP contribution in [0.5, 0.6) is 0 Å². The van der Waals surface area contributed by atoms with Crippen molar-refractivity contribution in [3.05, 3.63) is 0 Å². The summed E-state index contributed by atoms with van der Waals surface area (Å²) >= 11 is 2.03. The Morgan fingerprint density at radius 2 is 2.00 bits per heavy atom. The number of carbonyl (C=O) groups is 1. The number of thioether (sulfide) groups is 1. The monoisotopic (exact) mass is 471 g/mol. The molecule has 24 heavy (non-hydrogen) atoms. The molecule has 7 heteroatoms. The zero-order valence-corrected chi connectivity index (χ0v) is 18.7. The molecule has 0 aromatic carbocycles. The van der Waals surface area contributed by atoms with Crippen LogP contribution in [0.25, 0.3) is 0 Å². The third-order valence-electron chi connectivity index (χ3n) is 3.83. The van der Waals surface area contributed by atoms with Crippen LogP contribution in [0.15, 0.2) is 4.99 Å². The van der Waals surface area contributed by atoms with Crippen molar-refractivity contribution in [2.45, 2.75) is 57.6 Å². The van der Waals surface area contributed by atoms with Crippen LogP contribution in [0.3, 0.4) is 0 Å². The Morgan fingerprint density at radius 1 is 1.29 bits per heavy atom. The van der Waals surface area contributed by atoms with E-state index < -0.39 is 0 Å². The van der Waals surface area contributed by atoms with E-state index in [4.69, 9.17) is 4.74 Å². The molecule has 5 nitrogen and oxygen atoms in total. The molecule has 0 bridgehead atoms. The third kappa shape index (κ3) is 9.96. The van der Waals surface area contributed by atoms with Crippen molar-refractivity contribution in [1.82, 2.24) is 10.2 Å². The van der Waals surface area contributed by atoms with Gasteiger partial charge in [-0.05, 0) is 33.6 Å². The molecule has 0 aromatic heterocycles. The Morgan fingerprint density at radius 3 is 2.62 bits per heavy atom. The van der Waals surface area contributed by atoms with Gasteiger partial charge in [-0.15, -0.1) is 24.0 Å². The average molecular weight is 471 g/mol. The summed E-state index contributed by atoms with van der Waals surface area (Å²) in [6.45, 7) is 9.95. The van der Waals surface area contributed by atoms with Crippen molar-refractivity contribution in [2.24, 2.45) is 4.99 Å². The minimum atomic E-state index is -0.0726. The van der Waals surface area contributed by atoms with Crippen LogP contribution in [-0.2, 0) is 9.53 Å². The SMILES string of the molecule is CCOC(=O)CCCCCCNC(=NC)N1CCSC(C)(C)C1.I. The first-order chi connectivity index (χ1) is 11.0. The molecule has 0 atom stereocenters. The molecule has 1 aliphatic rings. The zero-order valence-electron chi connectivity index (χ0n) is 15.6. The molecule has 1 heterocycles. The molecule has 142 valence electrons. The van der Waals surface area contributed by atoms with Crippen LogP contribution in [0.4, 0.5) is 0 Å². The Balaban J connectivity index is 0.00000529. The zero-order chi connectivity index (χ0) is 17.1. The summed E-state index contributed by atoms with van der Waals surface area (Å²) in [6.07, 6.45) is 4.78. The number of ether oxygens (including phenoxy) is 1. The largest absolute Gasteiger partial charge is 0.466 e. The maximum absolute atomic E-state index is 11.2. The van der Waals surface area contributed by atoms with E-state index in [1.807, 2.05) is 25.7 Å². The van der Waals surface area contributed by atoms with E-state index in [2.05, 4.69) is 29.1 Å². The van der Waals surface area contributed by atoms with Gasteiger partial charge in [0.1, 0.15) is 0 Å². The average Bonchev–Trinajstić information content (AvgIpc) is 2.49. The number of hydrogen-bond acceptors (Lipinski definition) is 4. The summed E-state index contributed by atoms with van der Waals surface area (Å²) in [5.41, 5.74) is 0. The van der Waals surface area contributed by atoms with Crippen LogP contribution >= 0.6 is 35.7 Å². The van der Waals surface area contributed by atoms with E-state index in [-0.39, 0.29) is 29.9 Å². The molecule has 0 amide bonds. The van der Waals surface area contributed by atoms with E-state index in [9.17, 15) is 4.79 Å². The molecule has 1 N–H and O–H groups in total. The van der Waals surface area contributed by atoms with Gasteiger partial charge in [-0.1, -0.05) is 12.8 Å². The second-order valence-corrected chi connectivity index (χ2v) is 8.28. The predicted octanol–water partition coefficient (Wildman–Crippen LogP) is 3.52. The van der Waals surface area contributed by atoms with Crippen molar-refractivity contribution < 1.29 is 9.53 Å². The summed E-state index contributed by atoms with van der Waals surface area (Å²) < 4.78 is 5.22. The van der Waals surface area contributed by atoms with Gasteiger partial charge in [-0.3, -0.25) is 9.79 Å². The number of carbonyl (C=O) groups excluding carboxylic acids is 1. The van der Waals surface area contributed by atoms with Gasteiger partial charge >= 0.3 is 5.97 Å². The van der Waals surface area contributed by atoms with E-state index in [1.54, 1.807) is 0 Å². The summed E-state index contributed by atoms with van der Waals surface area (Å²) in [4.78, 5) is 18.0. The number of rotatable bonds is 8. The Labute approximate surface area is 168 Å². The van der Waals surface area contributed by atoms with Crippen molar-refractivity contribution in [3.63, 3.8) is 0 Å². The summed E-state index contributed by atoms with van der Waals surface area (Å²) in [7, 11) is 1.86. The van der Waals surface area contributed by atoms with Crippen molar-refractivity contribution in [3.8, 4) is 0 Å². The quantitative estimate of drug-likeness (QED) is 0.193. The molecular formula is C17H34IN3O2S. The van der Waals surface area contributed by atoms with Crippen molar-refractivity contribution in [2.75, 3.05) is 39.0 Å². The van der Waals surface area contributed by atoms with Crippen LogP contribution in [-0.4, -0.2) is 60.6 Å². The summed E-state index contributed by atoms with van der Waals surface area (Å²) in [5.74, 6) is 2.10. The number of aliphatic imine (C=N–C) groups is 1. The van der Waals surface area contributed by atoms with Crippen LogP contribution in [0.1, 0.15) is 52.9 Å². The number of nitrogens with zero attached hydrogens (tertiary/aromatic N) is 2. The standard InChI is InChI=1S/C17H33N3O2S.HI/c1-5-22-15(21)10-8-6-7-9-11-19-16(18-4)20-12-13-23-17(2,3)14-20;/h5-14H2,1-4H3,(H,18,19);1H. The highest BCUT2D eigenvalue weighted by Gasteiger charge is 2.28. The van der Waals surface area contributed by atoms with Gasteiger partial charge in [0.15, 0.2) is 5.96 Å². The first-order valence-electron chi connectivity index (χ1n) is 8.73. The molecule has 0 saturated carbocycles. The number of esters is 1. The number of nitrogens with one attached hydrogen (secondary N) is 1. The number of unbranched alkanes of at least 4 members (excludes halogenated alkanes) is 3. The molecule has 0 radical (unpaired) electrons. The minimum absolute atomic E-state index is 0. The third-order valence-corrected chi connectivity index (χ3v) is 5.13. The molecule has 0 aromatic rings. The van der Waals surface area contributed by atoms with Gasteiger partial charge in [0, 0.05) is 43.6 Å². The van der Waals surface area contributed by atoms with Crippen molar-refractivity contribution >= 4 is 47.7 Å². The smallest absolute Gasteiger partial charge is 0.305 e. The Kier molecular flexibility index (Phi) is 13.0. The highest BCUT2D eigenvalue weighted by Crippen LogP contribution is 2.29. The second-order valence-electron chi connectivity index (χ2n) is 6.47. The van der Waals surface area contributed by atoms with Gasteiger partial charge in [-0.2, -0.15) is 11.8 Å². The number of hydrogen-bond donors (Lipinski definition) is 1. The lowest BCUT2D eigenvalue weighted by atomic mass is 10.1. The fraction of sp³-hybridized carbons (Fsp3) is 0.882. The molecule has 1 fully saturated rings.